The predicted molar refractivity (Wildman–Crippen MR) is 65.3 cm³/mol. The standard InChI is InChI=1S/C11H11ClF2N4/c1-5-9(12)6(2)18(17-5)11-8(14)4-7(13)10(15-3)16-11/h4H,1-3H3,(H,15,16). The zero-order valence-corrected chi connectivity index (χ0v) is 10.8. The molecule has 0 aromatic carbocycles. The molecule has 2 rings (SSSR count). The summed E-state index contributed by atoms with van der Waals surface area (Å²) in [6.45, 7) is 3.39. The highest BCUT2D eigenvalue weighted by atomic mass is 35.5. The summed E-state index contributed by atoms with van der Waals surface area (Å²) in [4.78, 5) is 3.86. The van der Waals surface area contributed by atoms with Gasteiger partial charge >= 0.3 is 0 Å². The third kappa shape index (κ3) is 1.92. The highest BCUT2D eigenvalue weighted by Gasteiger charge is 2.17. The van der Waals surface area contributed by atoms with Crippen molar-refractivity contribution < 1.29 is 8.78 Å². The van der Waals surface area contributed by atoms with Gasteiger partial charge in [0, 0.05) is 13.1 Å². The van der Waals surface area contributed by atoms with E-state index in [-0.39, 0.29) is 11.6 Å². The van der Waals surface area contributed by atoms with Crippen molar-refractivity contribution in [2.45, 2.75) is 13.8 Å². The second-order valence-corrected chi connectivity index (χ2v) is 4.15. The molecular weight excluding hydrogens is 262 g/mol. The molecule has 0 fully saturated rings. The molecule has 0 spiro atoms. The fourth-order valence-corrected chi connectivity index (χ4v) is 1.73. The Morgan fingerprint density at radius 2 is 1.94 bits per heavy atom. The van der Waals surface area contributed by atoms with Crippen LogP contribution in [0, 0.1) is 25.5 Å². The van der Waals surface area contributed by atoms with Crippen LogP contribution in [-0.2, 0) is 0 Å². The van der Waals surface area contributed by atoms with Crippen molar-refractivity contribution in [2.75, 3.05) is 12.4 Å². The molecule has 0 aliphatic rings. The van der Waals surface area contributed by atoms with Crippen LogP contribution in [0.15, 0.2) is 6.07 Å². The molecule has 18 heavy (non-hydrogen) atoms. The summed E-state index contributed by atoms with van der Waals surface area (Å²) >= 11 is 5.98. The van der Waals surface area contributed by atoms with Gasteiger partial charge in [-0.05, 0) is 13.8 Å². The Kier molecular flexibility index (Phi) is 3.21. The first-order chi connectivity index (χ1) is 8.45. The largest absolute Gasteiger partial charge is 0.371 e. The number of pyridine rings is 1. The van der Waals surface area contributed by atoms with E-state index < -0.39 is 11.6 Å². The maximum absolute atomic E-state index is 13.7. The van der Waals surface area contributed by atoms with Crippen molar-refractivity contribution in [2.24, 2.45) is 0 Å². The second kappa shape index (κ2) is 4.53. The van der Waals surface area contributed by atoms with Crippen molar-refractivity contribution in [3.63, 3.8) is 0 Å². The van der Waals surface area contributed by atoms with Crippen LogP contribution >= 0.6 is 11.6 Å². The Labute approximate surface area is 108 Å². The van der Waals surface area contributed by atoms with Crippen molar-refractivity contribution >= 4 is 17.4 Å². The maximum Gasteiger partial charge on any atom is 0.192 e. The average Bonchev–Trinajstić information content (AvgIpc) is 2.57. The van der Waals surface area contributed by atoms with Crippen molar-refractivity contribution in [3.05, 3.63) is 34.1 Å². The molecule has 7 heteroatoms. The third-order valence-electron chi connectivity index (χ3n) is 2.55. The minimum absolute atomic E-state index is 0.0462. The summed E-state index contributed by atoms with van der Waals surface area (Å²) < 4.78 is 28.3. The smallest absolute Gasteiger partial charge is 0.192 e. The summed E-state index contributed by atoms with van der Waals surface area (Å²) in [6, 6.07) is 0.762. The van der Waals surface area contributed by atoms with Crippen LogP contribution in [0.25, 0.3) is 5.82 Å². The molecule has 2 heterocycles. The van der Waals surface area contributed by atoms with Gasteiger partial charge < -0.3 is 5.32 Å². The number of aryl methyl sites for hydroxylation is 1. The van der Waals surface area contributed by atoms with E-state index in [1.807, 2.05) is 0 Å². The van der Waals surface area contributed by atoms with Crippen LogP contribution in [-0.4, -0.2) is 21.8 Å². The molecule has 0 amide bonds. The van der Waals surface area contributed by atoms with E-state index in [1.54, 1.807) is 13.8 Å². The minimum Gasteiger partial charge on any atom is -0.371 e. The number of nitrogens with zero attached hydrogens (tertiary/aromatic N) is 3. The first-order valence-electron chi connectivity index (χ1n) is 5.21. The monoisotopic (exact) mass is 272 g/mol. The lowest BCUT2D eigenvalue weighted by atomic mass is 10.3. The van der Waals surface area contributed by atoms with Gasteiger partial charge in [-0.2, -0.15) is 5.10 Å². The number of anilines is 1. The van der Waals surface area contributed by atoms with Crippen LogP contribution in [0.1, 0.15) is 11.4 Å². The van der Waals surface area contributed by atoms with Gasteiger partial charge in [-0.15, -0.1) is 0 Å². The molecule has 0 aliphatic carbocycles. The van der Waals surface area contributed by atoms with Crippen molar-refractivity contribution in [1.29, 1.82) is 0 Å². The maximum atomic E-state index is 13.7. The summed E-state index contributed by atoms with van der Waals surface area (Å²) in [6.07, 6.45) is 0. The Morgan fingerprint density at radius 1 is 1.28 bits per heavy atom. The first-order valence-corrected chi connectivity index (χ1v) is 5.59. The van der Waals surface area contributed by atoms with Gasteiger partial charge in [0.05, 0.1) is 16.4 Å². The Balaban J connectivity index is 2.67. The van der Waals surface area contributed by atoms with E-state index in [1.165, 1.54) is 11.7 Å². The number of hydrogen-bond acceptors (Lipinski definition) is 3. The molecule has 1 N–H and O–H groups in total. The average molecular weight is 273 g/mol. The first kappa shape index (κ1) is 12.8. The molecule has 0 atom stereocenters. The van der Waals surface area contributed by atoms with E-state index >= 15 is 0 Å². The number of nitrogens with one attached hydrogen (secondary N) is 1. The van der Waals surface area contributed by atoms with E-state index in [0.29, 0.717) is 16.4 Å². The van der Waals surface area contributed by atoms with Gasteiger partial charge in [-0.25, -0.2) is 18.4 Å². The number of aromatic nitrogens is 3. The molecule has 2 aromatic rings. The Morgan fingerprint density at radius 3 is 2.44 bits per heavy atom. The van der Waals surface area contributed by atoms with Gasteiger partial charge in [0.2, 0.25) is 0 Å². The quantitative estimate of drug-likeness (QED) is 0.914. The van der Waals surface area contributed by atoms with Crippen LogP contribution in [0.4, 0.5) is 14.6 Å². The van der Waals surface area contributed by atoms with E-state index in [4.69, 9.17) is 11.6 Å². The van der Waals surface area contributed by atoms with E-state index in [0.717, 1.165) is 6.07 Å². The number of rotatable bonds is 2. The minimum atomic E-state index is -0.797. The predicted octanol–water partition coefficient (Wildman–Crippen LogP) is 2.86. The van der Waals surface area contributed by atoms with Gasteiger partial charge in [-0.1, -0.05) is 11.6 Å². The van der Waals surface area contributed by atoms with E-state index in [9.17, 15) is 8.78 Å². The molecule has 0 saturated carbocycles. The number of halogens is 3. The zero-order chi connectivity index (χ0) is 13.4. The van der Waals surface area contributed by atoms with Crippen LogP contribution in [0.5, 0.6) is 0 Å². The zero-order valence-electron chi connectivity index (χ0n) is 10.1. The second-order valence-electron chi connectivity index (χ2n) is 3.77. The summed E-state index contributed by atoms with van der Waals surface area (Å²) in [7, 11) is 1.50. The summed E-state index contributed by atoms with van der Waals surface area (Å²) in [5.74, 6) is -1.69. The molecule has 96 valence electrons. The van der Waals surface area contributed by atoms with Crippen LogP contribution in [0.3, 0.4) is 0 Å². The summed E-state index contributed by atoms with van der Waals surface area (Å²) in [5, 5.41) is 7.06. The molecule has 0 bridgehead atoms. The van der Waals surface area contributed by atoms with Gasteiger partial charge in [0.25, 0.3) is 0 Å². The van der Waals surface area contributed by atoms with Gasteiger partial charge in [0.1, 0.15) is 0 Å². The SMILES string of the molecule is CNc1nc(-n2nc(C)c(Cl)c2C)c(F)cc1F. The lowest BCUT2D eigenvalue weighted by Gasteiger charge is -2.08. The number of hydrogen-bond donors (Lipinski definition) is 1. The normalized spacial score (nSPS) is 10.8. The molecule has 0 unspecified atom stereocenters. The van der Waals surface area contributed by atoms with Crippen molar-refractivity contribution in [3.8, 4) is 5.82 Å². The topological polar surface area (TPSA) is 42.7 Å². The molecule has 0 radical (unpaired) electrons. The molecule has 0 saturated heterocycles. The third-order valence-corrected chi connectivity index (χ3v) is 3.10. The van der Waals surface area contributed by atoms with Crippen LogP contribution in [0.2, 0.25) is 5.02 Å². The highest BCUT2D eigenvalue weighted by molar-refractivity contribution is 6.31. The van der Waals surface area contributed by atoms with Crippen LogP contribution < -0.4 is 5.32 Å². The lowest BCUT2D eigenvalue weighted by Crippen LogP contribution is -2.08. The summed E-state index contributed by atoms with van der Waals surface area (Å²) in [5.41, 5.74) is 1.11. The lowest BCUT2D eigenvalue weighted by molar-refractivity contribution is 0.561. The fraction of sp³-hybridized carbons (Fsp3) is 0.273. The van der Waals surface area contributed by atoms with Gasteiger partial charge in [-0.3, -0.25) is 0 Å². The Bertz CT molecular complexity index is 610. The fourth-order valence-electron chi connectivity index (χ4n) is 1.61. The van der Waals surface area contributed by atoms with Gasteiger partial charge in [0.15, 0.2) is 23.3 Å². The molecule has 2 aromatic heterocycles. The van der Waals surface area contributed by atoms with Crippen molar-refractivity contribution in [1.82, 2.24) is 14.8 Å². The Hall–Kier alpha value is -1.69. The molecule has 4 nitrogen and oxygen atoms in total. The molecule has 0 aliphatic heterocycles. The highest BCUT2D eigenvalue weighted by Crippen LogP contribution is 2.24. The van der Waals surface area contributed by atoms with E-state index in [2.05, 4.69) is 15.4 Å². The molecular formula is C11H11ClF2N4.